The molecule has 96 valence electrons. The molecule has 0 fully saturated rings. The third-order valence-electron chi connectivity index (χ3n) is 3.04. The number of benzene rings is 2. The van der Waals surface area contributed by atoms with E-state index >= 15 is 0 Å². The van der Waals surface area contributed by atoms with E-state index in [0.29, 0.717) is 12.0 Å². The van der Waals surface area contributed by atoms with Gasteiger partial charge in [-0.25, -0.2) is 4.79 Å². The molecule has 0 aliphatic carbocycles. The van der Waals surface area contributed by atoms with Crippen molar-refractivity contribution in [2.24, 2.45) is 0 Å². The van der Waals surface area contributed by atoms with Crippen LogP contribution in [0.15, 0.2) is 66.2 Å². The Labute approximate surface area is 113 Å². The van der Waals surface area contributed by atoms with Gasteiger partial charge in [-0.15, -0.1) is 0 Å². The van der Waals surface area contributed by atoms with E-state index in [1.54, 1.807) is 13.0 Å². The molecule has 2 aromatic rings. The van der Waals surface area contributed by atoms with Gasteiger partial charge in [-0.05, 0) is 30.0 Å². The van der Waals surface area contributed by atoms with Crippen LogP contribution in [0.2, 0.25) is 0 Å². The molecule has 0 spiro atoms. The monoisotopic (exact) mass is 252 g/mol. The topological polar surface area (TPSA) is 37.3 Å². The predicted molar refractivity (Wildman–Crippen MR) is 77.0 cm³/mol. The van der Waals surface area contributed by atoms with Crippen LogP contribution in [0.4, 0.5) is 0 Å². The molecule has 2 heteroatoms. The Morgan fingerprint density at radius 3 is 2.16 bits per heavy atom. The second-order valence-electron chi connectivity index (χ2n) is 4.46. The molecular formula is C17H16O2. The maximum Gasteiger partial charge on any atom is 0.330 e. The van der Waals surface area contributed by atoms with Crippen LogP contribution >= 0.6 is 0 Å². The SMILES string of the molecule is C/C(=C\Cc1ccc(-c2ccccc2)cc1)C(=O)O. The zero-order valence-electron chi connectivity index (χ0n) is 10.8. The third-order valence-corrected chi connectivity index (χ3v) is 3.04. The van der Waals surface area contributed by atoms with Gasteiger partial charge in [0.1, 0.15) is 0 Å². The maximum atomic E-state index is 10.7. The van der Waals surface area contributed by atoms with E-state index in [1.165, 1.54) is 11.1 Å². The fourth-order valence-electron chi connectivity index (χ4n) is 1.82. The molecule has 0 unspecified atom stereocenters. The van der Waals surface area contributed by atoms with E-state index in [1.807, 2.05) is 30.3 Å². The van der Waals surface area contributed by atoms with Crippen molar-refractivity contribution in [3.05, 3.63) is 71.8 Å². The van der Waals surface area contributed by atoms with Crippen LogP contribution in [0.3, 0.4) is 0 Å². The summed E-state index contributed by atoms with van der Waals surface area (Å²) in [5.41, 5.74) is 3.85. The third kappa shape index (κ3) is 3.55. The van der Waals surface area contributed by atoms with Gasteiger partial charge < -0.3 is 5.11 Å². The summed E-state index contributed by atoms with van der Waals surface area (Å²) in [6.07, 6.45) is 2.38. The average Bonchev–Trinajstić information content (AvgIpc) is 2.46. The molecule has 0 radical (unpaired) electrons. The van der Waals surface area contributed by atoms with E-state index in [-0.39, 0.29) is 0 Å². The van der Waals surface area contributed by atoms with E-state index in [9.17, 15) is 4.79 Å². The Balaban J connectivity index is 2.11. The van der Waals surface area contributed by atoms with Crippen LogP contribution < -0.4 is 0 Å². The average molecular weight is 252 g/mol. The van der Waals surface area contributed by atoms with E-state index < -0.39 is 5.97 Å². The van der Waals surface area contributed by atoms with Crippen LogP contribution in [0.1, 0.15) is 12.5 Å². The van der Waals surface area contributed by atoms with E-state index in [4.69, 9.17) is 5.11 Å². The molecule has 0 saturated heterocycles. The number of carboxylic acid groups (broad SMARTS) is 1. The molecule has 2 rings (SSSR count). The Bertz CT molecular complexity index is 580. The molecule has 0 aromatic heterocycles. The second kappa shape index (κ2) is 6.01. The molecule has 0 aliphatic heterocycles. The lowest BCUT2D eigenvalue weighted by atomic mass is 10.0. The molecule has 2 nitrogen and oxygen atoms in total. The molecule has 19 heavy (non-hydrogen) atoms. The number of rotatable bonds is 4. The van der Waals surface area contributed by atoms with Gasteiger partial charge in [0.05, 0.1) is 0 Å². The van der Waals surface area contributed by atoms with Crippen LogP contribution in [0.25, 0.3) is 11.1 Å². The fraction of sp³-hybridized carbons (Fsp3) is 0.118. The van der Waals surface area contributed by atoms with Crippen molar-refractivity contribution in [1.82, 2.24) is 0 Å². The Hall–Kier alpha value is -2.35. The largest absolute Gasteiger partial charge is 0.478 e. The van der Waals surface area contributed by atoms with Gasteiger partial charge in [-0.3, -0.25) is 0 Å². The van der Waals surface area contributed by atoms with E-state index in [2.05, 4.69) is 24.3 Å². The number of carbonyl (C=O) groups is 1. The highest BCUT2D eigenvalue weighted by Gasteiger charge is 2.00. The Morgan fingerprint density at radius 2 is 1.58 bits per heavy atom. The minimum Gasteiger partial charge on any atom is -0.478 e. The van der Waals surface area contributed by atoms with Crippen molar-refractivity contribution >= 4 is 5.97 Å². The first-order chi connectivity index (χ1) is 9.16. The van der Waals surface area contributed by atoms with Gasteiger partial charge in [-0.2, -0.15) is 0 Å². The number of aliphatic carboxylic acids is 1. The van der Waals surface area contributed by atoms with Crippen molar-refractivity contribution < 1.29 is 9.90 Å². The molecule has 1 N–H and O–H groups in total. The Morgan fingerprint density at radius 1 is 1.00 bits per heavy atom. The summed E-state index contributed by atoms with van der Waals surface area (Å²) in [6.45, 7) is 1.61. The number of carboxylic acids is 1. The molecule has 2 aromatic carbocycles. The lowest BCUT2D eigenvalue weighted by molar-refractivity contribution is -0.132. The zero-order chi connectivity index (χ0) is 13.7. The van der Waals surface area contributed by atoms with Crippen molar-refractivity contribution in [3.8, 4) is 11.1 Å². The molecule has 0 bridgehead atoms. The first kappa shape index (κ1) is 13.1. The predicted octanol–water partition coefficient (Wildman–Crippen LogP) is 3.93. The summed E-state index contributed by atoms with van der Waals surface area (Å²) in [6, 6.07) is 18.4. The highest BCUT2D eigenvalue weighted by Crippen LogP contribution is 2.19. The summed E-state index contributed by atoms with van der Waals surface area (Å²) in [7, 11) is 0. The Kier molecular flexibility index (Phi) is 4.14. The summed E-state index contributed by atoms with van der Waals surface area (Å²) in [5.74, 6) is -0.860. The van der Waals surface area contributed by atoms with Gasteiger partial charge in [0.15, 0.2) is 0 Å². The lowest BCUT2D eigenvalue weighted by Gasteiger charge is -2.03. The summed E-state index contributed by atoms with van der Waals surface area (Å²) < 4.78 is 0. The summed E-state index contributed by atoms with van der Waals surface area (Å²) >= 11 is 0. The highest BCUT2D eigenvalue weighted by atomic mass is 16.4. The fourth-order valence-corrected chi connectivity index (χ4v) is 1.82. The standard InChI is InChI=1S/C17H16O2/c1-13(17(18)19)7-8-14-9-11-16(12-10-14)15-5-3-2-4-6-15/h2-7,9-12H,8H2,1H3,(H,18,19)/b13-7+. The van der Waals surface area contributed by atoms with Crippen LogP contribution in [-0.4, -0.2) is 11.1 Å². The van der Waals surface area contributed by atoms with Crippen molar-refractivity contribution in [2.75, 3.05) is 0 Å². The van der Waals surface area contributed by atoms with Gasteiger partial charge in [0.2, 0.25) is 0 Å². The maximum absolute atomic E-state index is 10.7. The number of hydrogen-bond donors (Lipinski definition) is 1. The van der Waals surface area contributed by atoms with Crippen LogP contribution in [0.5, 0.6) is 0 Å². The first-order valence-electron chi connectivity index (χ1n) is 6.21. The lowest BCUT2D eigenvalue weighted by Crippen LogP contribution is -1.96. The van der Waals surface area contributed by atoms with Gasteiger partial charge in [-0.1, -0.05) is 60.7 Å². The normalized spacial score (nSPS) is 11.3. The number of allylic oxidation sites excluding steroid dienone is 1. The zero-order valence-corrected chi connectivity index (χ0v) is 10.8. The molecular weight excluding hydrogens is 236 g/mol. The van der Waals surface area contributed by atoms with Crippen molar-refractivity contribution in [3.63, 3.8) is 0 Å². The minimum atomic E-state index is -0.860. The van der Waals surface area contributed by atoms with Gasteiger partial charge in [0.25, 0.3) is 0 Å². The molecule has 0 atom stereocenters. The van der Waals surface area contributed by atoms with Crippen molar-refractivity contribution in [1.29, 1.82) is 0 Å². The molecule has 0 aliphatic rings. The van der Waals surface area contributed by atoms with Crippen LogP contribution in [-0.2, 0) is 11.2 Å². The van der Waals surface area contributed by atoms with Gasteiger partial charge >= 0.3 is 5.97 Å². The van der Waals surface area contributed by atoms with Gasteiger partial charge in [0, 0.05) is 5.57 Å². The highest BCUT2D eigenvalue weighted by molar-refractivity contribution is 5.85. The summed E-state index contributed by atoms with van der Waals surface area (Å²) in [4.78, 5) is 10.7. The molecule has 0 saturated carbocycles. The molecule has 0 heterocycles. The quantitative estimate of drug-likeness (QED) is 0.837. The minimum absolute atomic E-state index is 0.382. The smallest absolute Gasteiger partial charge is 0.330 e. The second-order valence-corrected chi connectivity index (χ2v) is 4.46. The van der Waals surface area contributed by atoms with E-state index in [0.717, 1.165) is 5.56 Å². The molecule has 0 amide bonds. The van der Waals surface area contributed by atoms with Crippen molar-refractivity contribution in [2.45, 2.75) is 13.3 Å². The summed E-state index contributed by atoms with van der Waals surface area (Å²) in [5, 5.41) is 8.78. The number of hydrogen-bond acceptors (Lipinski definition) is 1. The first-order valence-corrected chi connectivity index (χ1v) is 6.21. The van der Waals surface area contributed by atoms with Crippen LogP contribution in [0, 0.1) is 0 Å².